The minimum absolute atomic E-state index is 0.287. The third-order valence-corrected chi connectivity index (χ3v) is 4.87. The first-order chi connectivity index (χ1) is 12.8. The van der Waals surface area contributed by atoms with Crippen LogP contribution in [0.3, 0.4) is 0 Å². The van der Waals surface area contributed by atoms with E-state index in [-0.39, 0.29) is 6.79 Å². The normalized spacial score (nSPS) is 17.4. The van der Waals surface area contributed by atoms with Crippen LogP contribution >= 0.6 is 0 Å². The molecule has 0 spiro atoms. The van der Waals surface area contributed by atoms with Gasteiger partial charge in [-0.15, -0.1) is 0 Å². The van der Waals surface area contributed by atoms with Gasteiger partial charge in [0.05, 0.1) is 0 Å². The molecule has 0 unspecified atom stereocenters. The van der Waals surface area contributed by atoms with Crippen molar-refractivity contribution in [3.8, 4) is 17.2 Å². The number of piperazine rings is 1. The highest BCUT2D eigenvalue weighted by Gasteiger charge is 2.19. The molecule has 1 N–H and O–H groups in total. The van der Waals surface area contributed by atoms with Gasteiger partial charge >= 0.3 is 0 Å². The van der Waals surface area contributed by atoms with Gasteiger partial charge in [-0.25, -0.2) is 0 Å². The molecule has 0 aromatic heterocycles. The summed E-state index contributed by atoms with van der Waals surface area (Å²) in [6.07, 6.45) is 0. The van der Waals surface area contributed by atoms with Crippen LogP contribution in [0, 0.1) is 0 Å². The number of hydrogen-bond donors (Lipinski definition) is 1. The van der Waals surface area contributed by atoms with Gasteiger partial charge in [-0.3, -0.25) is 9.80 Å². The second kappa shape index (κ2) is 7.95. The van der Waals surface area contributed by atoms with Gasteiger partial charge in [-0.1, -0.05) is 18.2 Å². The van der Waals surface area contributed by atoms with E-state index in [0.29, 0.717) is 12.5 Å². The van der Waals surface area contributed by atoms with Crippen LogP contribution in [0.25, 0.3) is 0 Å². The molecule has 0 radical (unpaired) electrons. The Kier molecular flexibility index (Phi) is 5.24. The summed E-state index contributed by atoms with van der Waals surface area (Å²) >= 11 is 0. The first kappa shape index (κ1) is 17.1. The van der Waals surface area contributed by atoms with E-state index < -0.39 is 0 Å². The third-order valence-electron chi connectivity index (χ3n) is 4.87. The first-order valence-electron chi connectivity index (χ1n) is 8.96. The van der Waals surface area contributed by atoms with E-state index in [1.165, 1.54) is 11.1 Å². The Morgan fingerprint density at radius 1 is 0.808 bits per heavy atom. The van der Waals surface area contributed by atoms with E-state index in [4.69, 9.17) is 19.3 Å². The van der Waals surface area contributed by atoms with E-state index in [2.05, 4.69) is 34.1 Å². The highest BCUT2D eigenvalue weighted by Crippen LogP contribution is 2.32. The molecule has 0 atom stereocenters. The predicted molar refractivity (Wildman–Crippen MR) is 97.3 cm³/mol. The second-order valence-electron chi connectivity index (χ2n) is 6.66. The van der Waals surface area contributed by atoms with Crippen molar-refractivity contribution in [2.75, 3.05) is 39.8 Å². The Bertz CT molecular complexity index is 727. The van der Waals surface area contributed by atoms with Gasteiger partial charge in [0, 0.05) is 39.3 Å². The summed E-state index contributed by atoms with van der Waals surface area (Å²) in [6, 6.07) is 14.1. The summed E-state index contributed by atoms with van der Waals surface area (Å²) in [5.74, 6) is 2.40. The Morgan fingerprint density at radius 2 is 1.42 bits per heavy atom. The molecule has 0 saturated carbocycles. The summed E-state index contributed by atoms with van der Waals surface area (Å²) in [6.45, 7) is 6.14. The zero-order chi connectivity index (χ0) is 17.8. The third kappa shape index (κ3) is 4.09. The maximum atomic E-state index is 8.78. The fourth-order valence-electron chi connectivity index (χ4n) is 3.43. The number of fused-ring (bicyclic) bond motifs is 1. The van der Waals surface area contributed by atoms with Crippen molar-refractivity contribution in [2.24, 2.45) is 0 Å². The summed E-state index contributed by atoms with van der Waals surface area (Å²) in [4.78, 5) is 4.95. The number of aliphatic hydroxyl groups is 1. The number of aliphatic hydroxyl groups excluding tert-OH is 1. The average molecular weight is 356 g/mol. The molecule has 138 valence electrons. The van der Waals surface area contributed by atoms with E-state index in [9.17, 15) is 0 Å². The number of hydrogen-bond acceptors (Lipinski definition) is 6. The lowest BCUT2D eigenvalue weighted by Crippen LogP contribution is -2.45. The van der Waals surface area contributed by atoms with E-state index in [1.807, 2.05) is 18.2 Å². The lowest BCUT2D eigenvalue weighted by atomic mass is 10.1. The molecule has 2 aromatic carbocycles. The zero-order valence-corrected chi connectivity index (χ0v) is 14.8. The molecule has 2 aliphatic heterocycles. The molecule has 0 bridgehead atoms. The predicted octanol–water partition coefficient (Wildman–Crippen LogP) is 2.06. The molecule has 1 saturated heterocycles. The van der Waals surface area contributed by atoms with E-state index in [0.717, 1.165) is 50.8 Å². The molecule has 26 heavy (non-hydrogen) atoms. The largest absolute Gasteiger partial charge is 0.468 e. The van der Waals surface area contributed by atoms with Crippen molar-refractivity contribution < 1.29 is 19.3 Å². The van der Waals surface area contributed by atoms with Crippen LogP contribution in [0.2, 0.25) is 0 Å². The molecule has 1 fully saturated rings. The SMILES string of the molecule is OCOc1ccc(CN2CCN(Cc3ccc4c(c3)OCO4)CC2)cc1. The minimum atomic E-state index is -0.287. The quantitative estimate of drug-likeness (QED) is 0.800. The van der Waals surface area contributed by atoms with Crippen LogP contribution in [-0.2, 0) is 13.1 Å². The van der Waals surface area contributed by atoms with Crippen molar-refractivity contribution >= 4 is 0 Å². The molecule has 2 aromatic rings. The Morgan fingerprint density at radius 3 is 2.12 bits per heavy atom. The topological polar surface area (TPSA) is 54.4 Å². The van der Waals surface area contributed by atoms with Crippen molar-refractivity contribution in [2.45, 2.75) is 13.1 Å². The van der Waals surface area contributed by atoms with Gasteiger partial charge in [-0.05, 0) is 35.4 Å². The Hall–Kier alpha value is -2.28. The van der Waals surface area contributed by atoms with E-state index >= 15 is 0 Å². The number of rotatable bonds is 6. The molecule has 6 nitrogen and oxygen atoms in total. The molecule has 2 heterocycles. The first-order valence-corrected chi connectivity index (χ1v) is 8.96. The summed E-state index contributed by atoms with van der Waals surface area (Å²) in [5.41, 5.74) is 2.53. The average Bonchev–Trinajstić information content (AvgIpc) is 3.13. The van der Waals surface area contributed by atoms with Gasteiger partial charge in [-0.2, -0.15) is 0 Å². The zero-order valence-electron chi connectivity index (χ0n) is 14.8. The molecule has 2 aliphatic rings. The summed E-state index contributed by atoms with van der Waals surface area (Å²) in [5, 5.41) is 8.78. The lowest BCUT2D eigenvalue weighted by Gasteiger charge is -2.34. The van der Waals surface area contributed by atoms with Crippen LogP contribution in [0.4, 0.5) is 0 Å². The fourth-order valence-corrected chi connectivity index (χ4v) is 3.43. The van der Waals surface area contributed by atoms with Crippen LogP contribution in [0.5, 0.6) is 17.2 Å². The van der Waals surface area contributed by atoms with Crippen molar-refractivity contribution in [3.05, 3.63) is 53.6 Å². The van der Waals surface area contributed by atoms with Gasteiger partial charge in [0.25, 0.3) is 0 Å². The Balaban J connectivity index is 1.26. The molecule has 4 rings (SSSR count). The number of ether oxygens (including phenoxy) is 3. The maximum absolute atomic E-state index is 8.78. The van der Waals surface area contributed by atoms with Crippen molar-refractivity contribution in [1.29, 1.82) is 0 Å². The molecular weight excluding hydrogens is 332 g/mol. The molecule has 0 aliphatic carbocycles. The van der Waals surface area contributed by atoms with E-state index in [1.54, 1.807) is 0 Å². The standard InChI is InChI=1S/C20H24N2O4/c23-14-24-18-4-1-16(2-5-18)12-21-7-9-22(10-8-21)13-17-3-6-19-20(11-17)26-15-25-19/h1-6,11,23H,7-10,12-15H2. The van der Waals surface area contributed by atoms with Crippen LogP contribution < -0.4 is 14.2 Å². The summed E-state index contributed by atoms with van der Waals surface area (Å²) < 4.78 is 15.9. The number of nitrogens with zero attached hydrogens (tertiary/aromatic N) is 2. The highest BCUT2D eigenvalue weighted by molar-refractivity contribution is 5.44. The monoisotopic (exact) mass is 356 g/mol. The van der Waals surface area contributed by atoms with Gasteiger partial charge in [0.2, 0.25) is 6.79 Å². The smallest absolute Gasteiger partial charge is 0.231 e. The fraction of sp³-hybridized carbons (Fsp3) is 0.400. The van der Waals surface area contributed by atoms with Gasteiger partial charge in [0.15, 0.2) is 18.3 Å². The van der Waals surface area contributed by atoms with Crippen LogP contribution in [0.15, 0.2) is 42.5 Å². The van der Waals surface area contributed by atoms with Gasteiger partial charge in [0.1, 0.15) is 5.75 Å². The Labute approximate surface area is 153 Å². The lowest BCUT2D eigenvalue weighted by molar-refractivity contribution is 0.0984. The van der Waals surface area contributed by atoms with Gasteiger partial charge < -0.3 is 19.3 Å². The molecular formula is C20H24N2O4. The van der Waals surface area contributed by atoms with Crippen molar-refractivity contribution in [1.82, 2.24) is 9.80 Å². The van der Waals surface area contributed by atoms with Crippen LogP contribution in [0.1, 0.15) is 11.1 Å². The van der Waals surface area contributed by atoms with Crippen molar-refractivity contribution in [3.63, 3.8) is 0 Å². The highest BCUT2D eigenvalue weighted by atomic mass is 16.7. The second-order valence-corrected chi connectivity index (χ2v) is 6.66. The molecule has 6 heteroatoms. The minimum Gasteiger partial charge on any atom is -0.468 e. The maximum Gasteiger partial charge on any atom is 0.231 e. The van der Waals surface area contributed by atoms with Crippen LogP contribution in [-0.4, -0.2) is 54.7 Å². The number of benzene rings is 2. The molecule has 0 amide bonds. The summed E-state index contributed by atoms with van der Waals surface area (Å²) in [7, 11) is 0.